The fraction of sp³-hybridized carbons (Fsp3) is 0.500. The number of esters is 1. The van der Waals surface area contributed by atoms with Crippen LogP contribution in [0.25, 0.3) is 0 Å². The Kier molecular flexibility index (Phi) is 4.96. The third kappa shape index (κ3) is 3.24. The number of carbonyl (C=O) groups excluding carboxylic acids is 2. The van der Waals surface area contributed by atoms with Gasteiger partial charge in [0.25, 0.3) is 5.91 Å². The Morgan fingerprint density at radius 3 is 2.62 bits per heavy atom. The van der Waals surface area contributed by atoms with Gasteiger partial charge in [0.15, 0.2) is 0 Å². The number of piperazine rings is 1. The first-order valence-electron chi connectivity index (χ1n) is 7.30. The van der Waals surface area contributed by atoms with Crippen LogP contribution in [-0.4, -0.2) is 49.1 Å². The second-order valence-corrected chi connectivity index (χ2v) is 5.24. The van der Waals surface area contributed by atoms with Gasteiger partial charge in [-0.1, -0.05) is 18.2 Å². The molecule has 0 saturated carbocycles. The third-order valence-electron chi connectivity index (χ3n) is 3.76. The predicted molar refractivity (Wildman–Crippen MR) is 80.2 cm³/mol. The van der Waals surface area contributed by atoms with E-state index < -0.39 is 6.04 Å². The molecule has 0 aliphatic carbocycles. The molecule has 0 aromatic heterocycles. The van der Waals surface area contributed by atoms with Gasteiger partial charge in [0, 0.05) is 25.2 Å². The van der Waals surface area contributed by atoms with Crippen molar-refractivity contribution in [2.24, 2.45) is 0 Å². The zero-order chi connectivity index (χ0) is 15.4. The third-order valence-corrected chi connectivity index (χ3v) is 3.76. The molecule has 1 fully saturated rings. The number of hydrogen-bond donors (Lipinski definition) is 1. The van der Waals surface area contributed by atoms with Crippen molar-refractivity contribution in [2.75, 3.05) is 26.2 Å². The molecular formula is C16H22N2O3. The van der Waals surface area contributed by atoms with Gasteiger partial charge in [-0.3, -0.25) is 4.79 Å². The molecule has 1 atom stereocenters. The Labute approximate surface area is 125 Å². The van der Waals surface area contributed by atoms with Gasteiger partial charge in [0.2, 0.25) is 0 Å². The van der Waals surface area contributed by atoms with Crippen LogP contribution in [0.4, 0.5) is 0 Å². The number of amides is 1. The van der Waals surface area contributed by atoms with Gasteiger partial charge in [0.05, 0.1) is 6.61 Å². The van der Waals surface area contributed by atoms with E-state index in [1.165, 1.54) is 0 Å². The maximum absolute atomic E-state index is 12.9. The Morgan fingerprint density at radius 2 is 2.00 bits per heavy atom. The summed E-state index contributed by atoms with van der Waals surface area (Å²) < 4.78 is 5.09. The Bertz CT molecular complexity index is 522. The van der Waals surface area contributed by atoms with Crippen LogP contribution in [0.2, 0.25) is 0 Å². The van der Waals surface area contributed by atoms with Gasteiger partial charge in [-0.25, -0.2) is 4.79 Å². The lowest BCUT2D eigenvalue weighted by molar-refractivity contribution is -0.149. The van der Waals surface area contributed by atoms with Crippen LogP contribution >= 0.6 is 0 Å². The summed E-state index contributed by atoms with van der Waals surface area (Å²) >= 11 is 0. The summed E-state index contributed by atoms with van der Waals surface area (Å²) in [5.41, 5.74) is 2.55. The second-order valence-electron chi connectivity index (χ2n) is 5.24. The number of ether oxygens (including phenoxy) is 1. The van der Waals surface area contributed by atoms with Crippen molar-refractivity contribution in [3.8, 4) is 0 Å². The average molecular weight is 290 g/mol. The van der Waals surface area contributed by atoms with Crippen LogP contribution in [0.5, 0.6) is 0 Å². The van der Waals surface area contributed by atoms with E-state index >= 15 is 0 Å². The van der Waals surface area contributed by atoms with E-state index in [1.54, 1.807) is 11.8 Å². The summed E-state index contributed by atoms with van der Waals surface area (Å²) in [6.07, 6.45) is 0. The average Bonchev–Trinajstić information content (AvgIpc) is 2.47. The zero-order valence-corrected chi connectivity index (χ0v) is 12.8. The standard InChI is InChI=1S/C16H22N2O3/c1-4-21-16(20)13-10-17-8-9-18(13)15(19)14-11(2)6-5-7-12(14)3/h5-7,13,17H,4,8-10H2,1-3H3. The predicted octanol–water partition coefficient (Wildman–Crippen LogP) is 1.28. The van der Waals surface area contributed by atoms with Crippen LogP contribution in [0, 0.1) is 13.8 Å². The Morgan fingerprint density at radius 1 is 1.33 bits per heavy atom. The van der Waals surface area contributed by atoms with Crippen LogP contribution in [0.15, 0.2) is 18.2 Å². The van der Waals surface area contributed by atoms with Gasteiger partial charge in [0.1, 0.15) is 6.04 Å². The van der Waals surface area contributed by atoms with Crippen LogP contribution in [-0.2, 0) is 9.53 Å². The van der Waals surface area contributed by atoms with Crippen LogP contribution in [0.1, 0.15) is 28.4 Å². The zero-order valence-electron chi connectivity index (χ0n) is 12.8. The minimum Gasteiger partial charge on any atom is -0.464 e. The lowest BCUT2D eigenvalue weighted by atomic mass is 10.0. The number of aryl methyl sites for hydroxylation is 2. The quantitative estimate of drug-likeness (QED) is 0.852. The van der Waals surface area contributed by atoms with Crippen LogP contribution in [0.3, 0.4) is 0 Å². The number of hydrogen-bond acceptors (Lipinski definition) is 4. The lowest BCUT2D eigenvalue weighted by Gasteiger charge is -2.35. The highest BCUT2D eigenvalue weighted by Crippen LogP contribution is 2.18. The molecule has 114 valence electrons. The summed E-state index contributed by atoms with van der Waals surface area (Å²) in [5, 5.41) is 3.14. The molecule has 5 nitrogen and oxygen atoms in total. The molecule has 2 rings (SSSR count). The van der Waals surface area contributed by atoms with Crippen molar-refractivity contribution in [1.29, 1.82) is 0 Å². The van der Waals surface area contributed by atoms with Crippen molar-refractivity contribution < 1.29 is 14.3 Å². The lowest BCUT2D eigenvalue weighted by Crippen LogP contribution is -2.57. The minimum absolute atomic E-state index is 0.0925. The Balaban J connectivity index is 2.29. The van der Waals surface area contributed by atoms with E-state index in [-0.39, 0.29) is 11.9 Å². The molecule has 5 heteroatoms. The van der Waals surface area contributed by atoms with Crippen LogP contribution < -0.4 is 5.32 Å². The van der Waals surface area contributed by atoms with Gasteiger partial charge >= 0.3 is 5.97 Å². The fourth-order valence-electron chi connectivity index (χ4n) is 2.69. The molecule has 0 spiro atoms. The van der Waals surface area contributed by atoms with Crippen molar-refractivity contribution in [2.45, 2.75) is 26.8 Å². The van der Waals surface area contributed by atoms with Gasteiger partial charge in [-0.15, -0.1) is 0 Å². The Hall–Kier alpha value is -1.88. The highest BCUT2D eigenvalue weighted by molar-refractivity contribution is 5.99. The number of rotatable bonds is 3. The molecule has 1 aliphatic heterocycles. The molecule has 1 unspecified atom stereocenters. The van der Waals surface area contributed by atoms with E-state index in [2.05, 4.69) is 5.32 Å². The van der Waals surface area contributed by atoms with Gasteiger partial charge < -0.3 is 15.0 Å². The first kappa shape index (κ1) is 15.5. The maximum atomic E-state index is 12.9. The number of benzene rings is 1. The highest BCUT2D eigenvalue weighted by atomic mass is 16.5. The summed E-state index contributed by atoms with van der Waals surface area (Å²) in [6, 6.07) is 5.22. The first-order chi connectivity index (χ1) is 10.1. The molecule has 1 aromatic rings. The molecule has 1 aromatic carbocycles. The van der Waals surface area contributed by atoms with Gasteiger partial charge in [-0.05, 0) is 31.9 Å². The smallest absolute Gasteiger partial charge is 0.330 e. The highest BCUT2D eigenvalue weighted by Gasteiger charge is 2.34. The molecule has 0 bridgehead atoms. The number of carbonyl (C=O) groups is 2. The summed E-state index contributed by atoms with van der Waals surface area (Å²) in [5.74, 6) is -0.436. The normalized spacial score (nSPS) is 18.4. The monoisotopic (exact) mass is 290 g/mol. The molecule has 1 amide bonds. The molecular weight excluding hydrogens is 268 g/mol. The molecule has 21 heavy (non-hydrogen) atoms. The molecule has 1 N–H and O–H groups in total. The van der Waals surface area contributed by atoms with Crippen molar-refractivity contribution in [3.63, 3.8) is 0 Å². The summed E-state index contributed by atoms with van der Waals surface area (Å²) in [7, 11) is 0. The van der Waals surface area contributed by atoms with Crippen molar-refractivity contribution >= 4 is 11.9 Å². The topological polar surface area (TPSA) is 58.6 Å². The largest absolute Gasteiger partial charge is 0.464 e. The van der Waals surface area contributed by atoms with E-state index in [0.717, 1.165) is 11.1 Å². The van der Waals surface area contributed by atoms with Gasteiger partial charge in [-0.2, -0.15) is 0 Å². The number of nitrogens with zero attached hydrogens (tertiary/aromatic N) is 1. The first-order valence-corrected chi connectivity index (χ1v) is 7.30. The number of nitrogens with one attached hydrogen (secondary N) is 1. The summed E-state index contributed by atoms with van der Waals surface area (Å²) in [4.78, 5) is 26.5. The van der Waals surface area contributed by atoms with E-state index in [4.69, 9.17) is 4.74 Å². The molecule has 1 aliphatic rings. The second kappa shape index (κ2) is 6.72. The molecule has 0 radical (unpaired) electrons. The fourth-order valence-corrected chi connectivity index (χ4v) is 2.69. The minimum atomic E-state index is -0.551. The van der Waals surface area contributed by atoms with Crippen molar-refractivity contribution in [3.05, 3.63) is 34.9 Å². The maximum Gasteiger partial charge on any atom is 0.330 e. The summed E-state index contributed by atoms with van der Waals surface area (Å²) in [6.45, 7) is 7.56. The van der Waals surface area contributed by atoms with E-state index in [9.17, 15) is 9.59 Å². The molecule has 1 saturated heterocycles. The molecule has 1 heterocycles. The van der Waals surface area contributed by atoms with Crippen molar-refractivity contribution in [1.82, 2.24) is 10.2 Å². The SMILES string of the molecule is CCOC(=O)C1CNCCN1C(=O)c1c(C)cccc1C. The van der Waals surface area contributed by atoms with E-state index in [1.807, 2.05) is 32.0 Å². The van der Waals surface area contributed by atoms with E-state index in [0.29, 0.717) is 31.8 Å².